The normalized spacial score (nSPS) is 15.4. The molecule has 2 heteroatoms. The minimum atomic E-state index is -0.239. The summed E-state index contributed by atoms with van der Waals surface area (Å²) in [7, 11) is 0. The molecule has 0 aliphatic heterocycles. The van der Waals surface area contributed by atoms with Crippen molar-refractivity contribution in [1.82, 2.24) is 0 Å². The Labute approximate surface area is 105 Å². The topological polar surface area (TPSA) is 20.2 Å². The number of aliphatic hydroxyl groups excluding tert-OH is 1. The number of aliphatic hydroxyl groups is 1. The summed E-state index contributed by atoms with van der Waals surface area (Å²) in [6.07, 6.45) is 8.27. The molecule has 1 N–H and O–H groups in total. The number of hydrogen-bond donors (Lipinski definition) is 1. The summed E-state index contributed by atoms with van der Waals surface area (Å²) in [5, 5.41) is 9.59. The Hall–Kier alpha value is 0.700. The van der Waals surface area contributed by atoms with Gasteiger partial charge in [0.2, 0.25) is 0 Å². The zero-order chi connectivity index (χ0) is 9.40. The van der Waals surface area contributed by atoms with E-state index in [9.17, 15) is 5.11 Å². The van der Waals surface area contributed by atoms with Crippen LogP contribution in [0, 0.1) is 5.92 Å². The van der Waals surface area contributed by atoms with Crippen molar-refractivity contribution in [3.8, 4) is 0 Å². The standard InChI is InChI=1S/C11H22O.Na.H/c1-4-6-7-9-11(12)10(3)8-5-2;;/h7,9-12H,4-6,8H2,1-3H3;;. The molecule has 0 amide bonds. The molecule has 74 valence electrons. The summed E-state index contributed by atoms with van der Waals surface area (Å²) in [4.78, 5) is 0. The molecule has 2 atom stereocenters. The van der Waals surface area contributed by atoms with E-state index in [0.717, 1.165) is 25.7 Å². The van der Waals surface area contributed by atoms with E-state index in [1.807, 2.05) is 6.08 Å². The predicted molar refractivity (Wildman–Crippen MR) is 61.3 cm³/mol. The molecule has 0 spiro atoms. The predicted octanol–water partition coefficient (Wildman–Crippen LogP) is 2.49. The van der Waals surface area contributed by atoms with E-state index in [4.69, 9.17) is 0 Å². The van der Waals surface area contributed by atoms with Gasteiger partial charge in [0.25, 0.3) is 0 Å². The molecule has 0 heterocycles. The third-order valence-electron chi connectivity index (χ3n) is 2.12. The van der Waals surface area contributed by atoms with E-state index in [1.54, 1.807) is 0 Å². The van der Waals surface area contributed by atoms with Gasteiger partial charge in [0, 0.05) is 0 Å². The van der Waals surface area contributed by atoms with Crippen LogP contribution >= 0.6 is 0 Å². The van der Waals surface area contributed by atoms with Gasteiger partial charge in [-0.3, -0.25) is 0 Å². The van der Waals surface area contributed by atoms with E-state index < -0.39 is 0 Å². The fourth-order valence-corrected chi connectivity index (χ4v) is 1.22. The molecular weight excluding hydrogens is 171 g/mol. The van der Waals surface area contributed by atoms with Gasteiger partial charge in [-0.15, -0.1) is 0 Å². The van der Waals surface area contributed by atoms with E-state index in [1.165, 1.54) is 0 Å². The van der Waals surface area contributed by atoms with Crippen molar-refractivity contribution < 1.29 is 5.11 Å². The molecule has 0 aromatic rings. The number of hydrogen-bond acceptors (Lipinski definition) is 1. The average Bonchev–Trinajstić information content (AvgIpc) is 2.05. The van der Waals surface area contributed by atoms with Gasteiger partial charge >= 0.3 is 29.6 Å². The van der Waals surface area contributed by atoms with Gasteiger partial charge in [-0.05, 0) is 18.8 Å². The molecule has 1 nitrogen and oxygen atoms in total. The molecule has 0 bridgehead atoms. The quantitative estimate of drug-likeness (QED) is 0.509. The fraction of sp³-hybridized carbons (Fsp3) is 0.818. The maximum absolute atomic E-state index is 9.59. The van der Waals surface area contributed by atoms with Gasteiger partial charge in [-0.2, -0.15) is 0 Å². The first-order valence-electron chi connectivity index (χ1n) is 5.07. The van der Waals surface area contributed by atoms with Crippen LogP contribution < -0.4 is 0 Å². The molecular formula is C11H23NaO. The zero-order valence-corrected chi connectivity index (χ0v) is 8.59. The first kappa shape index (κ1) is 16.1. The molecule has 0 rings (SSSR count). The van der Waals surface area contributed by atoms with Crippen molar-refractivity contribution in [3.63, 3.8) is 0 Å². The number of unbranched alkanes of at least 4 members (excludes halogenated alkanes) is 1. The second-order valence-corrected chi connectivity index (χ2v) is 3.47. The van der Waals surface area contributed by atoms with Crippen LogP contribution in [0.5, 0.6) is 0 Å². The van der Waals surface area contributed by atoms with E-state index in [0.29, 0.717) is 5.92 Å². The zero-order valence-electron chi connectivity index (χ0n) is 8.59. The van der Waals surface area contributed by atoms with Crippen molar-refractivity contribution in [2.75, 3.05) is 0 Å². The summed E-state index contributed by atoms with van der Waals surface area (Å²) in [6, 6.07) is 0. The van der Waals surface area contributed by atoms with Crippen LogP contribution in [0.4, 0.5) is 0 Å². The van der Waals surface area contributed by atoms with Crippen LogP contribution in [0.25, 0.3) is 0 Å². The molecule has 0 aromatic heterocycles. The molecule has 0 saturated heterocycles. The van der Waals surface area contributed by atoms with Crippen molar-refractivity contribution >= 4 is 29.6 Å². The third-order valence-corrected chi connectivity index (χ3v) is 2.12. The Bertz CT molecular complexity index is 123. The first-order chi connectivity index (χ1) is 5.72. The molecule has 0 aliphatic carbocycles. The van der Waals surface area contributed by atoms with Gasteiger partial charge in [-0.25, -0.2) is 0 Å². The van der Waals surface area contributed by atoms with Crippen molar-refractivity contribution in [3.05, 3.63) is 12.2 Å². The van der Waals surface area contributed by atoms with Crippen LogP contribution in [0.1, 0.15) is 46.5 Å². The summed E-state index contributed by atoms with van der Waals surface area (Å²) >= 11 is 0. The molecule has 0 aromatic carbocycles. The second kappa shape index (κ2) is 10.8. The summed E-state index contributed by atoms with van der Waals surface area (Å²) in [5.41, 5.74) is 0. The molecule has 0 fully saturated rings. The van der Waals surface area contributed by atoms with Crippen LogP contribution in [-0.2, 0) is 0 Å². The SMILES string of the molecule is CCCC=CC(O)C(C)CCC.[NaH]. The minimum absolute atomic E-state index is 0. The van der Waals surface area contributed by atoms with Crippen LogP contribution in [0.3, 0.4) is 0 Å². The Balaban J connectivity index is 0. The summed E-state index contributed by atoms with van der Waals surface area (Å²) < 4.78 is 0. The average molecular weight is 194 g/mol. The summed E-state index contributed by atoms with van der Waals surface area (Å²) in [5.74, 6) is 0.406. The van der Waals surface area contributed by atoms with Gasteiger partial charge in [0.1, 0.15) is 0 Å². The Kier molecular flexibility index (Phi) is 13.4. The molecule has 0 radical (unpaired) electrons. The van der Waals surface area contributed by atoms with Crippen molar-refractivity contribution in [2.24, 2.45) is 5.92 Å². The van der Waals surface area contributed by atoms with Gasteiger partial charge < -0.3 is 5.11 Å². The van der Waals surface area contributed by atoms with Gasteiger partial charge in [-0.1, -0.05) is 45.8 Å². The molecule has 2 unspecified atom stereocenters. The Morgan fingerprint density at radius 2 is 1.85 bits per heavy atom. The molecule has 13 heavy (non-hydrogen) atoms. The molecule has 0 saturated carbocycles. The van der Waals surface area contributed by atoms with Gasteiger partial charge in [0.05, 0.1) is 6.10 Å². The van der Waals surface area contributed by atoms with Crippen LogP contribution in [0.15, 0.2) is 12.2 Å². The van der Waals surface area contributed by atoms with Crippen molar-refractivity contribution in [2.45, 2.75) is 52.6 Å². The Morgan fingerprint density at radius 3 is 2.31 bits per heavy atom. The van der Waals surface area contributed by atoms with E-state index >= 15 is 0 Å². The number of allylic oxidation sites excluding steroid dienone is 1. The Morgan fingerprint density at radius 1 is 1.23 bits per heavy atom. The van der Waals surface area contributed by atoms with Crippen molar-refractivity contribution in [1.29, 1.82) is 0 Å². The van der Waals surface area contributed by atoms with E-state index in [2.05, 4.69) is 26.8 Å². The summed E-state index contributed by atoms with van der Waals surface area (Å²) in [6.45, 7) is 6.40. The van der Waals surface area contributed by atoms with E-state index in [-0.39, 0.29) is 35.7 Å². The fourth-order valence-electron chi connectivity index (χ4n) is 1.22. The number of rotatable bonds is 6. The van der Waals surface area contributed by atoms with Crippen LogP contribution in [-0.4, -0.2) is 40.8 Å². The monoisotopic (exact) mass is 194 g/mol. The molecule has 0 aliphatic rings. The maximum atomic E-state index is 9.59. The third kappa shape index (κ3) is 9.01. The van der Waals surface area contributed by atoms with Crippen LogP contribution in [0.2, 0.25) is 0 Å². The second-order valence-electron chi connectivity index (χ2n) is 3.47. The van der Waals surface area contributed by atoms with Gasteiger partial charge in [0.15, 0.2) is 0 Å². The first-order valence-corrected chi connectivity index (χ1v) is 5.07.